The van der Waals surface area contributed by atoms with Gasteiger partial charge < -0.3 is 4.90 Å². The van der Waals surface area contributed by atoms with Crippen molar-refractivity contribution in [2.24, 2.45) is 0 Å². The van der Waals surface area contributed by atoms with Crippen LogP contribution in [0.2, 0.25) is 0 Å². The molecule has 0 aliphatic heterocycles. The van der Waals surface area contributed by atoms with E-state index in [1.807, 2.05) is 24.8 Å². The van der Waals surface area contributed by atoms with Crippen LogP contribution < -0.4 is 4.90 Å². The monoisotopic (exact) mass is 260 g/mol. The lowest BCUT2D eigenvalue weighted by Crippen LogP contribution is -2.22. The van der Waals surface area contributed by atoms with Gasteiger partial charge in [0.2, 0.25) is 0 Å². The standard InChI is InChI=1S/C13H16N4O2/c1-3-16(4-2)12-6-5-10(9-13(12)17(18)19)11-7-8-14-15-11/h5-9H,3-4H2,1-2H3,(H,14,15). The molecule has 100 valence electrons. The third kappa shape index (κ3) is 2.57. The van der Waals surface area contributed by atoms with Crippen molar-refractivity contribution in [1.82, 2.24) is 10.2 Å². The first-order valence-electron chi connectivity index (χ1n) is 6.20. The minimum Gasteiger partial charge on any atom is -0.367 e. The highest BCUT2D eigenvalue weighted by Gasteiger charge is 2.19. The van der Waals surface area contributed by atoms with Crippen LogP contribution in [-0.2, 0) is 0 Å². The van der Waals surface area contributed by atoms with Gasteiger partial charge in [0.15, 0.2) is 0 Å². The molecule has 1 N–H and O–H groups in total. The van der Waals surface area contributed by atoms with Crippen molar-refractivity contribution in [3.8, 4) is 11.3 Å². The summed E-state index contributed by atoms with van der Waals surface area (Å²) in [5, 5.41) is 17.9. The van der Waals surface area contributed by atoms with Crippen LogP contribution in [0.3, 0.4) is 0 Å². The smallest absolute Gasteiger partial charge is 0.293 e. The Kier molecular flexibility index (Phi) is 3.79. The van der Waals surface area contributed by atoms with Crippen LogP contribution in [0.1, 0.15) is 13.8 Å². The van der Waals surface area contributed by atoms with Crippen molar-refractivity contribution in [3.63, 3.8) is 0 Å². The summed E-state index contributed by atoms with van der Waals surface area (Å²) in [7, 11) is 0. The van der Waals surface area contributed by atoms with Gasteiger partial charge in [-0.05, 0) is 26.0 Å². The largest absolute Gasteiger partial charge is 0.367 e. The topological polar surface area (TPSA) is 75.1 Å². The second kappa shape index (κ2) is 5.51. The van der Waals surface area contributed by atoms with E-state index in [0.717, 1.165) is 24.3 Å². The number of H-pyrrole nitrogens is 1. The van der Waals surface area contributed by atoms with Crippen LogP contribution >= 0.6 is 0 Å². The molecule has 2 aromatic rings. The summed E-state index contributed by atoms with van der Waals surface area (Å²) in [4.78, 5) is 12.9. The molecule has 0 fully saturated rings. The second-order valence-electron chi connectivity index (χ2n) is 4.10. The maximum atomic E-state index is 11.2. The summed E-state index contributed by atoms with van der Waals surface area (Å²) in [5.74, 6) is 0. The van der Waals surface area contributed by atoms with Crippen molar-refractivity contribution < 1.29 is 4.92 Å². The Hall–Kier alpha value is -2.37. The van der Waals surface area contributed by atoms with E-state index in [0.29, 0.717) is 5.69 Å². The molecule has 0 amide bonds. The average Bonchev–Trinajstić information content (AvgIpc) is 2.94. The zero-order chi connectivity index (χ0) is 13.8. The van der Waals surface area contributed by atoms with Gasteiger partial charge in [0.1, 0.15) is 5.69 Å². The highest BCUT2D eigenvalue weighted by molar-refractivity contribution is 5.72. The minimum atomic E-state index is -0.340. The zero-order valence-electron chi connectivity index (χ0n) is 11.0. The van der Waals surface area contributed by atoms with E-state index in [-0.39, 0.29) is 10.6 Å². The molecule has 6 heteroatoms. The first-order chi connectivity index (χ1) is 9.17. The lowest BCUT2D eigenvalue weighted by Gasteiger charge is -2.20. The molecular formula is C13H16N4O2. The van der Waals surface area contributed by atoms with Crippen LogP contribution in [0, 0.1) is 10.1 Å². The van der Waals surface area contributed by atoms with Gasteiger partial charge in [0.25, 0.3) is 5.69 Å². The summed E-state index contributed by atoms with van der Waals surface area (Å²) in [6, 6.07) is 7.03. The normalized spacial score (nSPS) is 10.4. The van der Waals surface area contributed by atoms with Crippen LogP contribution in [0.4, 0.5) is 11.4 Å². The first kappa shape index (κ1) is 13.1. The molecule has 0 aliphatic carbocycles. The number of nitro groups is 1. The van der Waals surface area contributed by atoms with E-state index in [9.17, 15) is 10.1 Å². The summed E-state index contributed by atoms with van der Waals surface area (Å²) >= 11 is 0. The van der Waals surface area contributed by atoms with Gasteiger partial charge in [-0.1, -0.05) is 6.07 Å². The van der Waals surface area contributed by atoms with Gasteiger partial charge in [-0.2, -0.15) is 5.10 Å². The van der Waals surface area contributed by atoms with Crippen LogP contribution in [0.15, 0.2) is 30.5 Å². The molecule has 0 spiro atoms. The Balaban J connectivity index is 2.49. The van der Waals surface area contributed by atoms with Crippen LogP contribution in [0.25, 0.3) is 11.3 Å². The molecule has 0 bridgehead atoms. The lowest BCUT2D eigenvalue weighted by molar-refractivity contribution is -0.384. The highest BCUT2D eigenvalue weighted by Crippen LogP contribution is 2.32. The Labute approximate surface area is 111 Å². The van der Waals surface area contributed by atoms with Gasteiger partial charge in [0, 0.05) is 30.9 Å². The predicted molar refractivity (Wildman–Crippen MR) is 74.2 cm³/mol. The van der Waals surface area contributed by atoms with E-state index in [1.54, 1.807) is 24.4 Å². The lowest BCUT2D eigenvalue weighted by atomic mass is 10.1. The molecule has 1 heterocycles. The number of hydrogen-bond donors (Lipinski definition) is 1. The molecular weight excluding hydrogens is 244 g/mol. The molecule has 1 aromatic heterocycles. The molecule has 2 rings (SSSR count). The van der Waals surface area contributed by atoms with E-state index in [4.69, 9.17) is 0 Å². The van der Waals surface area contributed by atoms with Crippen molar-refractivity contribution in [2.75, 3.05) is 18.0 Å². The van der Waals surface area contributed by atoms with Gasteiger partial charge >= 0.3 is 0 Å². The number of hydrogen-bond acceptors (Lipinski definition) is 4. The predicted octanol–water partition coefficient (Wildman–Crippen LogP) is 2.83. The zero-order valence-corrected chi connectivity index (χ0v) is 11.0. The molecule has 19 heavy (non-hydrogen) atoms. The Morgan fingerprint density at radius 2 is 2.05 bits per heavy atom. The Morgan fingerprint density at radius 3 is 2.58 bits per heavy atom. The molecule has 0 radical (unpaired) electrons. The summed E-state index contributed by atoms with van der Waals surface area (Å²) in [5.41, 5.74) is 2.31. The van der Waals surface area contributed by atoms with Crippen LogP contribution in [-0.4, -0.2) is 28.2 Å². The second-order valence-corrected chi connectivity index (χ2v) is 4.10. The molecule has 0 aliphatic rings. The number of nitro benzene ring substituents is 1. The number of benzene rings is 1. The van der Waals surface area contributed by atoms with Crippen molar-refractivity contribution in [1.29, 1.82) is 0 Å². The number of rotatable bonds is 5. The van der Waals surface area contributed by atoms with E-state index in [1.165, 1.54) is 0 Å². The maximum absolute atomic E-state index is 11.2. The number of aromatic nitrogens is 2. The number of nitrogens with one attached hydrogen (secondary N) is 1. The molecule has 0 unspecified atom stereocenters. The van der Waals surface area contributed by atoms with Gasteiger partial charge in [-0.3, -0.25) is 15.2 Å². The number of anilines is 1. The van der Waals surface area contributed by atoms with Gasteiger partial charge in [-0.15, -0.1) is 0 Å². The molecule has 6 nitrogen and oxygen atoms in total. The SMILES string of the molecule is CCN(CC)c1ccc(-c2ccn[nH]2)cc1[N+](=O)[O-]. The fourth-order valence-electron chi connectivity index (χ4n) is 2.09. The van der Waals surface area contributed by atoms with Crippen LogP contribution in [0.5, 0.6) is 0 Å². The minimum absolute atomic E-state index is 0.121. The summed E-state index contributed by atoms with van der Waals surface area (Å²) in [6.07, 6.45) is 1.62. The first-order valence-corrected chi connectivity index (χ1v) is 6.20. The van der Waals surface area contributed by atoms with Gasteiger partial charge in [-0.25, -0.2) is 0 Å². The molecule has 0 saturated carbocycles. The van der Waals surface area contributed by atoms with Crippen molar-refractivity contribution >= 4 is 11.4 Å². The van der Waals surface area contributed by atoms with E-state index >= 15 is 0 Å². The molecule has 1 aromatic carbocycles. The fourth-order valence-corrected chi connectivity index (χ4v) is 2.09. The third-order valence-corrected chi connectivity index (χ3v) is 3.09. The van der Waals surface area contributed by atoms with Crippen molar-refractivity contribution in [2.45, 2.75) is 13.8 Å². The highest BCUT2D eigenvalue weighted by atomic mass is 16.6. The van der Waals surface area contributed by atoms with E-state index in [2.05, 4.69) is 10.2 Å². The number of nitrogens with zero attached hydrogens (tertiary/aromatic N) is 3. The average molecular weight is 260 g/mol. The summed E-state index contributed by atoms with van der Waals surface area (Å²) in [6.45, 7) is 5.44. The maximum Gasteiger partial charge on any atom is 0.293 e. The molecule has 0 atom stereocenters. The summed E-state index contributed by atoms with van der Waals surface area (Å²) < 4.78 is 0. The Bertz CT molecular complexity index is 562. The van der Waals surface area contributed by atoms with Crippen molar-refractivity contribution in [3.05, 3.63) is 40.6 Å². The Morgan fingerprint density at radius 1 is 1.32 bits per heavy atom. The van der Waals surface area contributed by atoms with Gasteiger partial charge in [0.05, 0.1) is 10.6 Å². The number of aromatic amines is 1. The third-order valence-electron chi connectivity index (χ3n) is 3.09. The molecule has 0 saturated heterocycles. The quantitative estimate of drug-likeness (QED) is 0.662. The van der Waals surface area contributed by atoms with E-state index < -0.39 is 0 Å². The fraction of sp³-hybridized carbons (Fsp3) is 0.308.